The molecule has 1 aromatic heterocycles. The van der Waals surface area contributed by atoms with Crippen LogP contribution in [-0.4, -0.2) is 53.0 Å². The number of alkyl halides is 1. The number of aromatic nitrogens is 1. The normalized spacial score (nSPS) is 18.9. The summed E-state index contributed by atoms with van der Waals surface area (Å²) in [5, 5.41) is 3.29. The Kier molecular flexibility index (Phi) is 5.23. The third-order valence-electron chi connectivity index (χ3n) is 3.70. The summed E-state index contributed by atoms with van der Waals surface area (Å²) in [6.07, 6.45) is 1.05. The highest BCUT2D eigenvalue weighted by Crippen LogP contribution is 2.17. The molecule has 0 amide bonds. The van der Waals surface area contributed by atoms with Crippen LogP contribution in [-0.2, 0) is 12.3 Å². The smallest absolute Gasteiger partial charge is 0.0941 e. The fourth-order valence-corrected chi connectivity index (χ4v) is 3.44. The fourth-order valence-electron chi connectivity index (χ4n) is 2.42. The average molecular weight is 302 g/mol. The van der Waals surface area contributed by atoms with Gasteiger partial charge in [0.25, 0.3) is 0 Å². The van der Waals surface area contributed by atoms with Crippen LogP contribution in [0, 0.1) is 0 Å². The Bertz CT molecular complexity index is 392. The van der Waals surface area contributed by atoms with Gasteiger partial charge in [-0.2, -0.15) is 0 Å². The quantitative estimate of drug-likeness (QED) is 0.797. The zero-order valence-electron chi connectivity index (χ0n) is 12.2. The van der Waals surface area contributed by atoms with Crippen LogP contribution in [0.2, 0.25) is 0 Å². The van der Waals surface area contributed by atoms with Crippen molar-refractivity contribution in [3.63, 3.8) is 0 Å². The summed E-state index contributed by atoms with van der Waals surface area (Å²) < 4.78 is 0. The van der Waals surface area contributed by atoms with E-state index in [1.54, 1.807) is 11.3 Å². The van der Waals surface area contributed by atoms with Gasteiger partial charge in [0.1, 0.15) is 0 Å². The van der Waals surface area contributed by atoms with E-state index in [9.17, 15) is 0 Å². The van der Waals surface area contributed by atoms with Crippen molar-refractivity contribution in [3.8, 4) is 0 Å². The molecule has 1 aliphatic heterocycles. The van der Waals surface area contributed by atoms with Crippen molar-refractivity contribution >= 4 is 22.9 Å². The van der Waals surface area contributed by atoms with Crippen LogP contribution in [0.3, 0.4) is 0 Å². The Morgan fingerprint density at radius 1 is 1.26 bits per heavy atom. The molecule has 0 spiro atoms. The van der Waals surface area contributed by atoms with Gasteiger partial charge < -0.3 is 4.90 Å². The molecule has 1 aromatic rings. The summed E-state index contributed by atoms with van der Waals surface area (Å²) in [5.74, 6) is 0.529. The maximum atomic E-state index is 5.78. The predicted molar refractivity (Wildman–Crippen MR) is 83.1 cm³/mol. The van der Waals surface area contributed by atoms with Crippen molar-refractivity contribution in [1.82, 2.24) is 14.8 Å². The second-order valence-corrected chi connectivity index (χ2v) is 7.33. The first-order valence-corrected chi connectivity index (χ1v) is 8.37. The Labute approximate surface area is 125 Å². The van der Waals surface area contributed by atoms with Crippen molar-refractivity contribution in [2.75, 3.05) is 32.7 Å². The second-order valence-electron chi connectivity index (χ2n) is 6.12. The molecule has 0 atom stereocenters. The Hall–Kier alpha value is -0.160. The number of piperazine rings is 1. The van der Waals surface area contributed by atoms with Crippen LogP contribution in [0.15, 0.2) is 5.38 Å². The largest absolute Gasteiger partial charge is 0.300 e. The highest BCUT2D eigenvalue weighted by atomic mass is 35.5. The molecule has 0 unspecified atom stereocenters. The molecule has 108 valence electrons. The van der Waals surface area contributed by atoms with Gasteiger partial charge in [0.2, 0.25) is 0 Å². The van der Waals surface area contributed by atoms with E-state index in [-0.39, 0.29) is 0 Å². The molecule has 2 heterocycles. The molecule has 1 saturated heterocycles. The molecular formula is C14H24ClN3S. The molecule has 3 nitrogen and oxygen atoms in total. The van der Waals surface area contributed by atoms with E-state index in [1.807, 2.05) is 0 Å². The Morgan fingerprint density at radius 2 is 1.95 bits per heavy atom. The van der Waals surface area contributed by atoms with Crippen LogP contribution < -0.4 is 0 Å². The van der Waals surface area contributed by atoms with Crippen LogP contribution in [0.25, 0.3) is 0 Å². The standard InChI is InChI=1S/C14H24ClN3S/c1-14(2,3)18-8-6-17(7-9-18)5-4-13-16-12(10-15)11-19-13/h11H,4-10H2,1-3H3. The zero-order valence-corrected chi connectivity index (χ0v) is 13.7. The topological polar surface area (TPSA) is 19.4 Å². The minimum atomic E-state index is 0.302. The van der Waals surface area contributed by atoms with Gasteiger partial charge in [-0.15, -0.1) is 22.9 Å². The SMILES string of the molecule is CC(C)(C)N1CCN(CCc2nc(CCl)cs2)CC1. The van der Waals surface area contributed by atoms with Gasteiger partial charge in [-0.1, -0.05) is 0 Å². The van der Waals surface area contributed by atoms with E-state index in [1.165, 1.54) is 31.2 Å². The Balaban J connectivity index is 1.74. The van der Waals surface area contributed by atoms with Crippen molar-refractivity contribution in [1.29, 1.82) is 0 Å². The number of thiazole rings is 1. The van der Waals surface area contributed by atoms with E-state index in [0.717, 1.165) is 18.7 Å². The molecular weight excluding hydrogens is 278 g/mol. The number of hydrogen-bond acceptors (Lipinski definition) is 4. The summed E-state index contributed by atoms with van der Waals surface area (Å²) in [4.78, 5) is 9.63. The first kappa shape index (κ1) is 15.2. The summed E-state index contributed by atoms with van der Waals surface area (Å²) in [7, 11) is 0. The molecule has 1 aliphatic rings. The first-order chi connectivity index (χ1) is 8.99. The van der Waals surface area contributed by atoms with Gasteiger partial charge >= 0.3 is 0 Å². The van der Waals surface area contributed by atoms with E-state index in [2.05, 4.69) is 40.9 Å². The van der Waals surface area contributed by atoms with Crippen LogP contribution in [0.5, 0.6) is 0 Å². The van der Waals surface area contributed by atoms with Crippen LogP contribution >= 0.6 is 22.9 Å². The number of nitrogens with zero attached hydrogens (tertiary/aromatic N) is 3. The predicted octanol–water partition coefficient (Wildman–Crippen LogP) is 2.84. The lowest BCUT2D eigenvalue weighted by molar-refractivity contribution is 0.0629. The van der Waals surface area contributed by atoms with Gasteiger partial charge in [-0.05, 0) is 20.8 Å². The van der Waals surface area contributed by atoms with Gasteiger partial charge in [0, 0.05) is 50.1 Å². The minimum Gasteiger partial charge on any atom is -0.300 e. The molecule has 0 saturated carbocycles. The highest BCUT2D eigenvalue weighted by molar-refractivity contribution is 7.09. The highest BCUT2D eigenvalue weighted by Gasteiger charge is 2.25. The van der Waals surface area contributed by atoms with Crippen molar-refractivity contribution < 1.29 is 0 Å². The number of hydrogen-bond donors (Lipinski definition) is 0. The van der Waals surface area contributed by atoms with Crippen LogP contribution in [0.1, 0.15) is 31.5 Å². The average Bonchev–Trinajstić information content (AvgIpc) is 2.84. The van der Waals surface area contributed by atoms with Crippen molar-refractivity contribution in [2.45, 2.75) is 38.6 Å². The lowest BCUT2D eigenvalue weighted by Crippen LogP contribution is -2.53. The van der Waals surface area contributed by atoms with Crippen LogP contribution in [0.4, 0.5) is 0 Å². The van der Waals surface area contributed by atoms with Gasteiger partial charge in [0.05, 0.1) is 16.6 Å². The molecule has 0 aromatic carbocycles. The van der Waals surface area contributed by atoms with E-state index >= 15 is 0 Å². The van der Waals surface area contributed by atoms with Crippen molar-refractivity contribution in [3.05, 3.63) is 16.1 Å². The summed E-state index contributed by atoms with van der Waals surface area (Å²) in [6.45, 7) is 12.7. The van der Waals surface area contributed by atoms with E-state index < -0.39 is 0 Å². The van der Waals surface area contributed by atoms with Gasteiger partial charge in [-0.3, -0.25) is 4.90 Å². The molecule has 2 rings (SSSR count). The molecule has 1 fully saturated rings. The molecule has 19 heavy (non-hydrogen) atoms. The number of rotatable bonds is 4. The lowest BCUT2D eigenvalue weighted by Gasteiger charge is -2.42. The summed E-state index contributed by atoms with van der Waals surface area (Å²) in [6, 6.07) is 0. The summed E-state index contributed by atoms with van der Waals surface area (Å²) in [5.41, 5.74) is 1.32. The van der Waals surface area contributed by atoms with E-state index in [0.29, 0.717) is 11.4 Å². The molecule has 0 radical (unpaired) electrons. The lowest BCUT2D eigenvalue weighted by atomic mass is 10.0. The summed E-state index contributed by atoms with van der Waals surface area (Å²) >= 11 is 7.51. The Morgan fingerprint density at radius 3 is 2.47 bits per heavy atom. The van der Waals surface area contributed by atoms with E-state index in [4.69, 9.17) is 11.6 Å². The third-order valence-corrected chi connectivity index (χ3v) is 4.93. The molecule has 0 aliphatic carbocycles. The van der Waals surface area contributed by atoms with Gasteiger partial charge in [0.15, 0.2) is 0 Å². The monoisotopic (exact) mass is 301 g/mol. The molecule has 0 bridgehead atoms. The minimum absolute atomic E-state index is 0.302. The maximum Gasteiger partial charge on any atom is 0.0941 e. The second kappa shape index (κ2) is 6.53. The number of halogens is 1. The van der Waals surface area contributed by atoms with Crippen molar-refractivity contribution in [2.24, 2.45) is 0 Å². The fraction of sp³-hybridized carbons (Fsp3) is 0.786. The molecule has 0 N–H and O–H groups in total. The first-order valence-electron chi connectivity index (χ1n) is 6.95. The van der Waals surface area contributed by atoms with Gasteiger partial charge in [-0.25, -0.2) is 4.98 Å². The maximum absolute atomic E-state index is 5.78. The molecule has 5 heteroatoms. The zero-order chi connectivity index (χ0) is 13.9. The third kappa shape index (κ3) is 4.42.